The zero-order chi connectivity index (χ0) is 11.3. The minimum Gasteiger partial charge on any atom is -0.309 e. The first-order valence-electron chi connectivity index (χ1n) is 5.53. The minimum atomic E-state index is 0.493. The lowest BCUT2D eigenvalue weighted by atomic mass is 10.1. The predicted molar refractivity (Wildman–Crippen MR) is 73.2 cm³/mol. The highest BCUT2D eigenvalue weighted by Gasteiger charge is 2.09. The Balaban J connectivity index is 2.39. The molecule has 0 bridgehead atoms. The molecule has 1 nitrogen and oxygen atoms in total. The molecule has 0 saturated heterocycles. The van der Waals surface area contributed by atoms with Crippen molar-refractivity contribution in [3.8, 4) is 0 Å². The van der Waals surface area contributed by atoms with Gasteiger partial charge < -0.3 is 5.32 Å². The van der Waals surface area contributed by atoms with E-state index in [1.165, 1.54) is 26.8 Å². The van der Waals surface area contributed by atoms with Gasteiger partial charge in [0.25, 0.3) is 0 Å². The molecule has 0 aliphatic rings. The van der Waals surface area contributed by atoms with E-state index in [1.807, 2.05) is 23.1 Å². The van der Waals surface area contributed by atoms with Crippen LogP contribution in [0.1, 0.15) is 35.2 Å². The largest absolute Gasteiger partial charge is 0.309 e. The summed E-state index contributed by atoms with van der Waals surface area (Å²) in [7, 11) is 0. The Morgan fingerprint density at radius 2 is 2.20 bits per heavy atom. The molecule has 1 aromatic heterocycles. The molecule has 1 heterocycles. The fraction of sp³-hybridized carbons (Fsp3) is 0.667. The van der Waals surface area contributed by atoms with E-state index in [2.05, 4.69) is 39.1 Å². The maximum atomic E-state index is 3.57. The normalized spacial score (nSPS) is 13.1. The lowest BCUT2D eigenvalue weighted by molar-refractivity contribution is 0.600. The zero-order valence-electron chi connectivity index (χ0n) is 10.1. The highest BCUT2D eigenvalue weighted by molar-refractivity contribution is 7.99. The lowest BCUT2D eigenvalue weighted by Gasteiger charge is -2.13. The van der Waals surface area contributed by atoms with E-state index in [4.69, 9.17) is 0 Å². The van der Waals surface area contributed by atoms with Gasteiger partial charge in [-0.2, -0.15) is 11.8 Å². The SMILES string of the molecule is CCSCCNC(C)c1cc(C)sc1C. The molecule has 1 rings (SSSR count). The number of aryl methyl sites for hydroxylation is 2. The first-order chi connectivity index (χ1) is 7.15. The third-order valence-electron chi connectivity index (χ3n) is 2.45. The van der Waals surface area contributed by atoms with Crippen molar-refractivity contribution in [2.45, 2.75) is 33.7 Å². The van der Waals surface area contributed by atoms with Crippen molar-refractivity contribution in [2.24, 2.45) is 0 Å². The van der Waals surface area contributed by atoms with Crippen molar-refractivity contribution >= 4 is 23.1 Å². The van der Waals surface area contributed by atoms with E-state index in [1.54, 1.807) is 0 Å². The summed E-state index contributed by atoms with van der Waals surface area (Å²) in [6.07, 6.45) is 0. The highest BCUT2D eigenvalue weighted by atomic mass is 32.2. The monoisotopic (exact) mass is 243 g/mol. The van der Waals surface area contributed by atoms with E-state index in [0.29, 0.717) is 6.04 Å². The number of hydrogen-bond acceptors (Lipinski definition) is 3. The maximum absolute atomic E-state index is 3.57. The zero-order valence-corrected chi connectivity index (χ0v) is 11.7. The molecule has 1 aromatic rings. The van der Waals surface area contributed by atoms with E-state index >= 15 is 0 Å². The summed E-state index contributed by atoms with van der Waals surface area (Å²) in [6, 6.07) is 2.80. The van der Waals surface area contributed by atoms with Gasteiger partial charge in [-0.05, 0) is 38.2 Å². The van der Waals surface area contributed by atoms with Gasteiger partial charge in [0.15, 0.2) is 0 Å². The minimum absolute atomic E-state index is 0.493. The molecule has 0 amide bonds. The van der Waals surface area contributed by atoms with Crippen molar-refractivity contribution in [3.05, 3.63) is 21.4 Å². The summed E-state index contributed by atoms with van der Waals surface area (Å²) in [4.78, 5) is 2.87. The topological polar surface area (TPSA) is 12.0 Å². The van der Waals surface area contributed by atoms with Crippen LogP contribution in [0.5, 0.6) is 0 Å². The molecule has 3 heteroatoms. The summed E-state index contributed by atoms with van der Waals surface area (Å²) < 4.78 is 0. The fourth-order valence-electron chi connectivity index (χ4n) is 1.68. The summed E-state index contributed by atoms with van der Waals surface area (Å²) >= 11 is 3.89. The molecule has 0 aliphatic carbocycles. The van der Waals surface area contributed by atoms with Crippen LogP contribution in [0.3, 0.4) is 0 Å². The second-order valence-electron chi connectivity index (χ2n) is 3.74. The van der Waals surface area contributed by atoms with E-state index in [9.17, 15) is 0 Å². The summed E-state index contributed by atoms with van der Waals surface area (Å²) in [5.41, 5.74) is 1.47. The number of thioether (sulfide) groups is 1. The Labute approximate surface area is 102 Å². The van der Waals surface area contributed by atoms with Crippen LogP contribution in [0.25, 0.3) is 0 Å². The summed E-state index contributed by atoms with van der Waals surface area (Å²) in [5.74, 6) is 2.43. The molecular weight excluding hydrogens is 222 g/mol. The van der Waals surface area contributed by atoms with Crippen molar-refractivity contribution in [1.82, 2.24) is 5.32 Å². The highest BCUT2D eigenvalue weighted by Crippen LogP contribution is 2.25. The maximum Gasteiger partial charge on any atom is 0.0303 e. The molecule has 0 fully saturated rings. The lowest BCUT2D eigenvalue weighted by Crippen LogP contribution is -2.21. The van der Waals surface area contributed by atoms with Crippen molar-refractivity contribution in [1.29, 1.82) is 0 Å². The van der Waals surface area contributed by atoms with Crippen LogP contribution in [-0.2, 0) is 0 Å². The second kappa shape index (κ2) is 6.56. The molecule has 0 aliphatic heterocycles. The molecule has 15 heavy (non-hydrogen) atoms. The Morgan fingerprint density at radius 1 is 1.47 bits per heavy atom. The Hall–Kier alpha value is 0.01000. The van der Waals surface area contributed by atoms with Crippen LogP contribution in [0.4, 0.5) is 0 Å². The van der Waals surface area contributed by atoms with Gasteiger partial charge in [-0.15, -0.1) is 11.3 Å². The van der Waals surface area contributed by atoms with Gasteiger partial charge in [-0.25, -0.2) is 0 Å². The first kappa shape index (κ1) is 13.1. The van der Waals surface area contributed by atoms with E-state index < -0.39 is 0 Å². The van der Waals surface area contributed by atoms with Crippen molar-refractivity contribution in [2.75, 3.05) is 18.1 Å². The molecule has 0 spiro atoms. The second-order valence-corrected chi connectivity index (χ2v) is 6.60. The summed E-state index contributed by atoms with van der Waals surface area (Å²) in [6.45, 7) is 9.96. The van der Waals surface area contributed by atoms with Crippen LogP contribution < -0.4 is 5.32 Å². The molecule has 1 unspecified atom stereocenters. The molecular formula is C12H21NS2. The molecule has 0 saturated carbocycles. The van der Waals surface area contributed by atoms with Gasteiger partial charge >= 0.3 is 0 Å². The number of hydrogen-bond donors (Lipinski definition) is 1. The smallest absolute Gasteiger partial charge is 0.0303 e. The van der Waals surface area contributed by atoms with Gasteiger partial charge in [0, 0.05) is 28.1 Å². The van der Waals surface area contributed by atoms with Crippen LogP contribution >= 0.6 is 23.1 Å². The van der Waals surface area contributed by atoms with E-state index in [-0.39, 0.29) is 0 Å². The molecule has 86 valence electrons. The Bertz CT molecular complexity index is 294. The van der Waals surface area contributed by atoms with Crippen molar-refractivity contribution < 1.29 is 0 Å². The van der Waals surface area contributed by atoms with Gasteiger partial charge in [-0.3, -0.25) is 0 Å². The number of thiophene rings is 1. The molecule has 1 atom stereocenters. The van der Waals surface area contributed by atoms with Crippen LogP contribution in [-0.4, -0.2) is 18.1 Å². The molecule has 0 aromatic carbocycles. The van der Waals surface area contributed by atoms with Crippen LogP contribution in [0, 0.1) is 13.8 Å². The average molecular weight is 243 g/mol. The van der Waals surface area contributed by atoms with Gasteiger partial charge in [0.1, 0.15) is 0 Å². The van der Waals surface area contributed by atoms with E-state index in [0.717, 1.165) is 6.54 Å². The number of rotatable bonds is 6. The van der Waals surface area contributed by atoms with Gasteiger partial charge in [0.2, 0.25) is 0 Å². The average Bonchev–Trinajstić information content (AvgIpc) is 2.52. The van der Waals surface area contributed by atoms with Crippen molar-refractivity contribution in [3.63, 3.8) is 0 Å². The third-order valence-corrected chi connectivity index (χ3v) is 4.33. The van der Waals surface area contributed by atoms with Crippen LogP contribution in [0.2, 0.25) is 0 Å². The molecule has 0 radical (unpaired) electrons. The van der Waals surface area contributed by atoms with Gasteiger partial charge in [-0.1, -0.05) is 6.92 Å². The Kier molecular flexibility index (Phi) is 5.72. The van der Waals surface area contributed by atoms with Crippen LogP contribution in [0.15, 0.2) is 6.07 Å². The number of nitrogens with one attached hydrogen (secondary N) is 1. The first-order valence-corrected chi connectivity index (χ1v) is 7.50. The quantitative estimate of drug-likeness (QED) is 0.763. The third kappa shape index (κ3) is 4.17. The molecule has 1 N–H and O–H groups in total. The van der Waals surface area contributed by atoms with Gasteiger partial charge in [0.05, 0.1) is 0 Å². The fourth-order valence-corrected chi connectivity index (χ4v) is 3.26. The standard InChI is InChI=1S/C12H21NS2/c1-5-14-7-6-13-10(3)12-8-9(2)15-11(12)4/h8,10,13H,5-7H2,1-4H3. The predicted octanol–water partition coefficient (Wildman–Crippen LogP) is 3.77. The Morgan fingerprint density at radius 3 is 2.73 bits per heavy atom. The summed E-state index contributed by atoms with van der Waals surface area (Å²) in [5, 5.41) is 3.57.